The van der Waals surface area contributed by atoms with Crippen molar-refractivity contribution in [1.82, 2.24) is 0 Å². The number of rotatable bonds is 3. The predicted molar refractivity (Wildman–Crippen MR) is 64.0 cm³/mol. The van der Waals surface area contributed by atoms with Crippen molar-refractivity contribution in [3.05, 3.63) is 29.6 Å². The van der Waals surface area contributed by atoms with Gasteiger partial charge in [-0.3, -0.25) is 4.79 Å². The molecule has 1 heterocycles. The molecular weight excluding hydrogens is 239 g/mol. The molecule has 1 aromatic carbocycles. The summed E-state index contributed by atoms with van der Waals surface area (Å²) in [5.41, 5.74) is 6.15. The number of carbonyl (C=O) groups is 1. The summed E-state index contributed by atoms with van der Waals surface area (Å²) < 4.78 is 19.1. The lowest BCUT2D eigenvalue weighted by Crippen LogP contribution is -2.36. The maximum absolute atomic E-state index is 13.9. The molecule has 0 amide bonds. The van der Waals surface area contributed by atoms with Gasteiger partial charge >= 0.3 is 5.97 Å². The van der Waals surface area contributed by atoms with E-state index in [-0.39, 0.29) is 5.56 Å². The summed E-state index contributed by atoms with van der Waals surface area (Å²) in [6, 6.07) is 3.10. The number of hydrogen-bond acceptors (Lipinski definition) is 4. The van der Waals surface area contributed by atoms with Gasteiger partial charge in [0.15, 0.2) is 0 Å². The van der Waals surface area contributed by atoms with E-state index in [9.17, 15) is 9.18 Å². The predicted octanol–water partition coefficient (Wildman–Crippen LogP) is 0.747. The standard InChI is InChI=1S/C12H15FN2O3/c13-9-7-8(11(14)12(16)17)1-2-10(9)15-3-5-18-6-4-15/h1-2,7,11H,3-6,14H2,(H,16,17). The summed E-state index contributed by atoms with van der Waals surface area (Å²) in [7, 11) is 0. The monoisotopic (exact) mass is 254 g/mol. The number of nitrogens with zero attached hydrogens (tertiary/aromatic N) is 1. The Morgan fingerprint density at radius 3 is 2.67 bits per heavy atom. The fraction of sp³-hybridized carbons (Fsp3) is 0.417. The lowest BCUT2D eigenvalue weighted by Gasteiger charge is -2.29. The molecule has 0 radical (unpaired) electrons. The van der Waals surface area contributed by atoms with Crippen LogP contribution in [-0.4, -0.2) is 37.4 Å². The third-order valence-electron chi connectivity index (χ3n) is 2.95. The summed E-state index contributed by atoms with van der Waals surface area (Å²) in [6.45, 7) is 2.38. The second-order valence-electron chi connectivity index (χ2n) is 4.13. The first-order valence-electron chi connectivity index (χ1n) is 5.70. The van der Waals surface area contributed by atoms with Crippen LogP contribution in [0, 0.1) is 5.82 Å². The van der Waals surface area contributed by atoms with Gasteiger partial charge in [-0.05, 0) is 17.7 Å². The van der Waals surface area contributed by atoms with Crippen molar-refractivity contribution >= 4 is 11.7 Å². The first kappa shape index (κ1) is 12.8. The summed E-state index contributed by atoms with van der Waals surface area (Å²) in [5, 5.41) is 8.77. The van der Waals surface area contributed by atoms with Crippen LogP contribution in [0.2, 0.25) is 0 Å². The molecule has 18 heavy (non-hydrogen) atoms. The number of carboxylic acids is 1. The second-order valence-corrected chi connectivity index (χ2v) is 4.13. The summed E-state index contributed by atoms with van der Waals surface area (Å²) in [4.78, 5) is 12.6. The van der Waals surface area contributed by atoms with Gasteiger partial charge in [0, 0.05) is 13.1 Å². The SMILES string of the molecule is NC(C(=O)O)c1ccc(N2CCOCC2)c(F)c1. The van der Waals surface area contributed by atoms with Gasteiger partial charge in [-0.15, -0.1) is 0 Å². The van der Waals surface area contributed by atoms with Gasteiger partial charge in [0.1, 0.15) is 11.9 Å². The van der Waals surface area contributed by atoms with Crippen molar-refractivity contribution < 1.29 is 19.0 Å². The third kappa shape index (κ3) is 2.60. The fourth-order valence-corrected chi connectivity index (χ4v) is 1.92. The van der Waals surface area contributed by atoms with Crippen molar-refractivity contribution in [1.29, 1.82) is 0 Å². The van der Waals surface area contributed by atoms with Crippen molar-refractivity contribution in [3.63, 3.8) is 0 Å². The molecule has 3 N–H and O–H groups in total. The molecule has 1 fully saturated rings. The van der Waals surface area contributed by atoms with Crippen LogP contribution >= 0.6 is 0 Å². The topological polar surface area (TPSA) is 75.8 Å². The molecule has 1 unspecified atom stereocenters. The number of anilines is 1. The highest BCUT2D eigenvalue weighted by Gasteiger charge is 2.19. The Bertz CT molecular complexity index is 447. The van der Waals surface area contributed by atoms with E-state index in [1.165, 1.54) is 6.07 Å². The van der Waals surface area contributed by atoms with E-state index in [2.05, 4.69) is 0 Å². The Kier molecular flexibility index (Phi) is 3.78. The van der Waals surface area contributed by atoms with E-state index in [0.717, 1.165) is 0 Å². The molecule has 6 heteroatoms. The molecule has 0 aliphatic carbocycles. The molecule has 1 aliphatic rings. The molecule has 0 spiro atoms. The van der Waals surface area contributed by atoms with E-state index < -0.39 is 17.8 Å². The average molecular weight is 254 g/mol. The Morgan fingerprint density at radius 1 is 1.44 bits per heavy atom. The van der Waals surface area contributed by atoms with Crippen molar-refractivity contribution in [2.75, 3.05) is 31.2 Å². The van der Waals surface area contributed by atoms with Crippen LogP contribution in [0.15, 0.2) is 18.2 Å². The van der Waals surface area contributed by atoms with Crippen LogP contribution in [0.4, 0.5) is 10.1 Å². The van der Waals surface area contributed by atoms with Crippen molar-refractivity contribution in [2.24, 2.45) is 5.73 Å². The van der Waals surface area contributed by atoms with Crippen LogP contribution in [0.3, 0.4) is 0 Å². The van der Waals surface area contributed by atoms with Crippen molar-refractivity contribution in [3.8, 4) is 0 Å². The van der Waals surface area contributed by atoms with E-state index in [1.807, 2.05) is 4.90 Å². The Balaban J connectivity index is 2.21. The van der Waals surface area contributed by atoms with Crippen LogP contribution in [0.1, 0.15) is 11.6 Å². The Hall–Kier alpha value is -1.66. The molecule has 0 aromatic heterocycles. The van der Waals surface area contributed by atoms with Crippen LogP contribution in [0.25, 0.3) is 0 Å². The van der Waals surface area contributed by atoms with E-state index in [4.69, 9.17) is 15.6 Å². The van der Waals surface area contributed by atoms with Gasteiger partial charge in [0.05, 0.1) is 18.9 Å². The molecule has 1 atom stereocenters. The highest BCUT2D eigenvalue weighted by molar-refractivity contribution is 5.75. The van der Waals surface area contributed by atoms with Gasteiger partial charge < -0.3 is 20.5 Å². The van der Waals surface area contributed by atoms with Gasteiger partial charge in [0.25, 0.3) is 0 Å². The average Bonchev–Trinajstić information content (AvgIpc) is 2.38. The molecule has 1 saturated heterocycles. The molecule has 0 bridgehead atoms. The molecule has 98 valence electrons. The molecule has 2 rings (SSSR count). The van der Waals surface area contributed by atoms with Gasteiger partial charge in [0.2, 0.25) is 0 Å². The first-order chi connectivity index (χ1) is 8.59. The molecule has 0 saturated carbocycles. The third-order valence-corrected chi connectivity index (χ3v) is 2.95. The minimum Gasteiger partial charge on any atom is -0.480 e. The highest BCUT2D eigenvalue weighted by Crippen LogP contribution is 2.23. The number of halogens is 1. The Labute approximate surface area is 104 Å². The van der Waals surface area contributed by atoms with Gasteiger partial charge in [-0.25, -0.2) is 4.39 Å². The van der Waals surface area contributed by atoms with Crippen LogP contribution < -0.4 is 10.6 Å². The van der Waals surface area contributed by atoms with Gasteiger partial charge in [-0.1, -0.05) is 6.07 Å². The summed E-state index contributed by atoms with van der Waals surface area (Å²) >= 11 is 0. The number of aliphatic carboxylic acids is 1. The smallest absolute Gasteiger partial charge is 0.325 e. The van der Waals surface area contributed by atoms with Crippen LogP contribution in [0.5, 0.6) is 0 Å². The number of hydrogen-bond donors (Lipinski definition) is 2. The Morgan fingerprint density at radius 2 is 2.11 bits per heavy atom. The first-order valence-corrected chi connectivity index (χ1v) is 5.70. The number of nitrogens with two attached hydrogens (primary N) is 1. The second kappa shape index (κ2) is 5.32. The maximum atomic E-state index is 13.9. The van der Waals surface area contributed by atoms with E-state index >= 15 is 0 Å². The maximum Gasteiger partial charge on any atom is 0.325 e. The van der Waals surface area contributed by atoms with Gasteiger partial charge in [-0.2, -0.15) is 0 Å². The lowest BCUT2D eigenvalue weighted by atomic mass is 10.1. The minimum absolute atomic E-state index is 0.261. The highest BCUT2D eigenvalue weighted by atomic mass is 19.1. The number of carboxylic acid groups (broad SMARTS) is 1. The normalized spacial score (nSPS) is 17.6. The fourth-order valence-electron chi connectivity index (χ4n) is 1.92. The summed E-state index contributed by atoms with van der Waals surface area (Å²) in [6.07, 6.45) is 0. The molecule has 5 nitrogen and oxygen atoms in total. The minimum atomic E-state index is -1.20. The number of benzene rings is 1. The van der Waals surface area contributed by atoms with Crippen molar-refractivity contribution in [2.45, 2.75) is 6.04 Å². The largest absolute Gasteiger partial charge is 0.480 e. The lowest BCUT2D eigenvalue weighted by molar-refractivity contribution is -0.138. The number of morpholine rings is 1. The quantitative estimate of drug-likeness (QED) is 0.832. The molecule has 1 aliphatic heterocycles. The zero-order valence-corrected chi connectivity index (χ0v) is 9.80. The van der Waals surface area contributed by atoms with E-state index in [1.54, 1.807) is 12.1 Å². The zero-order valence-electron chi connectivity index (χ0n) is 9.80. The summed E-state index contributed by atoms with van der Waals surface area (Å²) in [5.74, 6) is -1.63. The van der Waals surface area contributed by atoms with E-state index in [0.29, 0.717) is 32.0 Å². The van der Waals surface area contributed by atoms with Crippen LogP contribution in [-0.2, 0) is 9.53 Å². The molecule has 1 aromatic rings. The molecular formula is C12H15FN2O3. The zero-order chi connectivity index (χ0) is 13.1. The number of ether oxygens (including phenoxy) is 1.